The zero-order valence-electron chi connectivity index (χ0n) is 16.3. The molecule has 3 rings (SSSR count). The predicted molar refractivity (Wildman–Crippen MR) is 111 cm³/mol. The van der Waals surface area contributed by atoms with E-state index < -0.39 is 29.4 Å². The lowest BCUT2D eigenvalue weighted by atomic mass is 10.1. The predicted octanol–water partition coefficient (Wildman–Crippen LogP) is 3.97. The average molecular weight is 428 g/mol. The van der Waals surface area contributed by atoms with Gasteiger partial charge in [-0.25, -0.2) is 14.2 Å². The van der Waals surface area contributed by atoms with E-state index in [-0.39, 0.29) is 17.0 Å². The maximum Gasteiger partial charge on any atom is 0.349 e. The van der Waals surface area contributed by atoms with E-state index in [4.69, 9.17) is 11.6 Å². The Morgan fingerprint density at radius 1 is 1.07 bits per heavy atom. The zero-order valence-corrected chi connectivity index (χ0v) is 17.1. The summed E-state index contributed by atoms with van der Waals surface area (Å²) < 4.78 is 14.5. The number of Topliss-reactive ketones (excluding diaryl/α,β-unsaturated/α-hetero) is 1. The van der Waals surface area contributed by atoms with Crippen LogP contribution in [-0.2, 0) is 0 Å². The number of carbonyl (C=O) groups excluding carboxylic acids is 2. The number of halogens is 2. The Bertz CT molecular complexity index is 1140. The van der Waals surface area contributed by atoms with Crippen LogP contribution in [0, 0.1) is 5.82 Å². The molecule has 8 heteroatoms. The number of ketones is 1. The van der Waals surface area contributed by atoms with Crippen LogP contribution in [0.25, 0.3) is 0 Å². The third-order valence-electron chi connectivity index (χ3n) is 4.50. The van der Waals surface area contributed by atoms with Crippen LogP contribution in [0.2, 0.25) is 5.02 Å². The van der Waals surface area contributed by atoms with Crippen molar-refractivity contribution >= 4 is 23.3 Å². The molecule has 154 valence electrons. The van der Waals surface area contributed by atoms with Gasteiger partial charge in [-0.1, -0.05) is 31.5 Å². The molecular formula is C22H19ClFN3O3. The molecule has 1 heterocycles. The SMILES string of the molecule is CC(C)c1ccnc(=O)n1C(NC(=O)c1cccc(Cl)c1)C(=O)c1ccc(F)cc1. The first kappa shape index (κ1) is 21.4. The lowest BCUT2D eigenvalue weighted by molar-refractivity contribution is 0.0809. The molecule has 1 N–H and O–H groups in total. The highest BCUT2D eigenvalue weighted by atomic mass is 35.5. The monoisotopic (exact) mass is 427 g/mol. The van der Waals surface area contributed by atoms with Crippen molar-refractivity contribution in [1.29, 1.82) is 0 Å². The van der Waals surface area contributed by atoms with E-state index in [2.05, 4.69) is 10.3 Å². The minimum Gasteiger partial charge on any atom is -0.325 e. The molecule has 0 spiro atoms. The third-order valence-corrected chi connectivity index (χ3v) is 4.73. The molecule has 0 bridgehead atoms. The maximum absolute atomic E-state index is 13.3. The van der Waals surface area contributed by atoms with Gasteiger partial charge in [-0.05, 0) is 54.4 Å². The van der Waals surface area contributed by atoms with Crippen LogP contribution in [-0.4, -0.2) is 21.2 Å². The maximum atomic E-state index is 13.3. The molecule has 0 saturated carbocycles. The molecule has 0 aliphatic heterocycles. The lowest BCUT2D eigenvalue weighted by Gasteiger charge is -2.24. The summed E-state index contributed by atoms with van der Waals surface area (Å²) >= 11 is 5.96. The quantitative estimate of drug-likeness (QED) is 0.603. The van der Waals surface area contributed by atoms with Gasteiger partial charge >= 0.3 is 5.69 Å². The molecule has 30 heavy (non-hydrogen) atoms. The molecule has 1 aromatic heterocycles. The minimum atomic E-state index is -1.37. The first-order valence-electron chi connectivity index (χ1n) is 9.21. The first-order valence-corrected chi connectivity index (χ1v) is 9.59. The van der Waals surface area contributed by atoms with Crippen LogP contribution in [0.5, 0.6) is 0 Å². The summed E-state index contributed by atoms with van der Waals surface area (Å²) in [7, 11) is 0. The Labute approximate surface area is 177 Å². The number of nitrogens with one attached hydrogen (secondary N) is 1. The van der Waals surface area contributed by atoms with Crippen molar-refractivity contribution in [3.63, 3.8) is 0 Å². The van der Waals surface area contributed by atoms with Crippen molar-refractivity contribution < 1.29 is 14.0 Å². The van der Waals surface area contributed by atoms with E-state index in [0.717, 1.165) is 16.7 Å². The van der Waals surface area contributed by atoms with Crippen molar-refractivity contribution in [3.05, 3.63) is 98.9 Å². The number of hydrogen-bond donors (Lipinski definition) is 1. The van der Waals surface area contributed by atoms with Gasteiger partial charge in [0.05, 0.1) is 0 Å². The van der Waals surface area contributed by atoms with E-state index in [1.807, 2.05) is 13.8 Å². The molecule has 0 saturated heterocycles. The number of benzene rings is 2. The van der Waals surface area contributed by atoms with Crippen LogP contribution >= 0.6 is 11.6 Å². The summed E-state index contributed by atoms with van der Waals surface area (Å²) in [5.41, 5.74) is 0.190. The topological polar surface area (TPSA) is 81.1 Å². The zero-order chi connectivity index (χ0) is 21.8. The third kappa shape index (κ3) is 4.63. The normalized spacial score (nSPS) is 11.9. The van der Waals surface area contributed by atoms with E-state index in [9.17, 15) is 18.8 Å². The van der Waals surface area contributed by atoms with E-state index in [1.54, 1.807) is 18.2 Å². The van der Waals surface area contributed by atoms with E-state index >= 15 is 0 Å². The molecule has 3 aromatic rings. The van der Waals surface area contributed by atoms with Crippen LogP contribution < -0.4 is 11.0 Å². The van der Waals surface area contributed by atoms with Gasteiger partial charge in [0.15, 0.2) is 6.17 Å². The fourth-order valence-electron chi connectivity index (χ4n) is 3.02. The van der Waals surface area contributed by atoms with Gasteiger partial charge in [0.2, 0.25) is 5.78 Å². The number of nitrogens with zero attached hydrogens (tertiary/aromatic N) is 2. The Morgan fingerprint density at radius 2 is 1.77 bits per heavy atom. The summed E-state index contributed by atoms with van der Waals surface area (Å²) in [5, 5.41) is 2.96. The van der Waals surface area contributed by atoms with Gasteiger partial charge in [-0.3, -0.25) is 14.2 Å². The fourth-order valence-corrected chi connectivity index (χ4v) is 3.21. The highest BCUT2D eigenvalue weighted by molar-refractivity contribution is 6.31. The highest BCUT2D eigenvalue weighted by Crippen LogP contribution is 2.20. The summed E-state index contributed by atoms with van der Waals surface area (Å²) in [6.45, 7) is 3.70. The van der Waals surface area contributed by atoms with Crippen molar-refractivity contribution in [2.75, 3.05) is 0 Å². The second kappa shape index (κ2) is 9.00. The van der Waals surface area contributed by atoms with Gasteiger partial charge in [-0.2, -0.15) is 0 Å². The highest BCUT2D eigenvalue weighted by Gasteiger charge is 2.28. The number of hydrogen-bond acceptors (Lipinski definition) is 4. The molecule has 2 aromatic carbocycles. The molecule has 0 fully saturated rings. The Balaban J connectivity index is 2.10. The van der Waals surface area contributed by atoms with Crippen molar-refractivity contribution in [1.82, 2.24) is 14.9 Å². The van der Waals surface area contributed by atoms with Crippen molar-refractivity contribution in [3.8, 4) is 0 Å². The van der Waals surface area contributed by atoms with Gasteiger partial charge in [0.1, 0.15) is 5.82 Å². The molecular weight excluding hydrogens is 409 g/mol. The average Bonchev–Trinajstić information content (AvgIpc) is 2.72. The number of carbonyl (C=O) groups is 2. The summed E-state index contributed by atoms with van der Waals surface area (Å²) in [6, 6.07) is 12.7. The van der Waals surface area contributed by atoms with Gasteiger partial charge in [-0.15, -0.1) is 0 Å². The second-order valence-corrected chi connectivity index (χ2v) is 7.37. The van der Waals surface area contributed by atoms with E-state index in [1.165, 1.54) is 30.5 Å². The molecule has 0 aliphatic rings. The van der Waals surface area contributed by atoms with Crippen LogP contribution in [0.3, 0.4) is 0 Å². The second-order valence-electron chi connectivity index (χ2n) is 6.93. The van der Waals surface area contributed by atoms with Gasteiger partial charge < -0.3 is 5.32 Å². The standard InChI is InChI=1S/C22H19ClFN3O3/c1-13(2)18-10-11-25-22(30)27(18)20(19(28)14-6-8-17(24)9-7-14)26-21(29)15-4-3-5-16(23)12-15/h3-13,20H,1-2H3,(H,26,29). The van der Waals surface area contributed by atoms with Gasteiger partial charge in [0.25, 0.3) is 5.91 Å². The van der Waals surface area contributed by atoms with Gasteiger partial charge in [0, 0.05) is 28.0 Å². The van der Waals surface area contributed by atoms with Crippen LogP contribution in [0.15, 0.2) is 65.6 Å². The molecule has 1 unspecified atom stereocenters. The molecule has 0 radical (unpaired) electrons. The van der Waals surface area contributed by atoms with Crippen LogP contribution in [0.1, 0.15) is 52.3 Å². The summed E-state index contributed by atoms with van der Waals surface area (Å²) in [4.78, 5) is 42.5. The Morgan fingerprint density at radius 3 is 2.40 bits per heavy atom. The largest absolute Gasteiger partial charge is 0.349 e. The number of rotatable bonds is 6. The molecule has 1 amide bonds. The number of aromatic nitrogens is 2. The smallest absolute Gasteiger partial charge is 0.325 e. The molecule has 0 aliphatic carbocycles. The minimum absolute atomic E-state index is 0.132. The van der Waals surface area contributed by atoms with Crippen molar-refractivity contribution in [2.24, 2.45) is 0 Å². The van der Waals surface area contributed by atoms with Crippen LogP contribution in [0.4, 0.5) is 4.39 Å². The number of amides is 1. The summed E-state index contributed by atoms with van der Waals surface area (Å²) in [6.07, 6.45) is -0.0209. The Hall–Kier alpha value is -3.32. The fraction of sp³-hybridized carbons (Fsp3) is 0.182. The summed E-state index contributed by atoms with van der Waals surface area (Å²) in [5.74, 6) is -1.81. The lowest BCUT2D eigenvalue weighted by Crippen LogP contribution is -2.44. The van der Waals surface area contributed by atoms with Crippen molar-refractivity contribution in [2.45, 2.75) is 25.9 Å². The Kier molecular flexibility index (Phi) is 6.42. The van der Waals surface area contributed by atoms with E-state index in [0.29, 0.717) is 10.7 Å². The molecule has 1 atom stereocenters. The molecule has 6 nitrogen and oxygen atoms in total. The first-order chi connectivity index (χ1) is 14.3.